The van der Waals surface area contributed by atoms with Gasteiger partial charge in [-0.05, 0) is 45.9 Å². The Hall–Kier alpha value is -2.67. The first kappa shape index (κ1) is 20.6. The van der Waals surface area contributed by atoms with Crippen LogP contribution in [0.4, 0.5) is 5.69 Å². The van der Waals surface area contributed by atoms with Gasteiger partial charge in [0.15, 0.2) is 0 Å². The Kier molecular flexibility index (Phi) is 6.38. The zero-order chi connectivity index (χ0) is 20.3. The number of halogens is 1. The maximum absolute atomic E-state index is 12.9. The lowest BCUT2D eigenvalue weighted by Gasteiger charge is -2.31. The van der Waals surface area contributed by atoms with E-state index >= 15 is 0 Å². The molecule has 0 fully saturated rings. The summed E-state index contributed by atoms with van der Waals surface area (Å²) >= 11 is 5.93. The van der Waals surface area contributed by atoms with Crippen LogP contribution in [-0.4, -0.2) is 38.3 Å². The molecule has 0 saturated carbocycles. The Morgan fingerprint density at radius 3 is 2.41 bits per heavy atom. The molecule has 0 aromatic carbocycles. The number of hydrogen-bond donors (Lipinski definition) is 1. The highest BCUT2D eigenvalue weighted by molar-refractivity contribution is 6.33. The van der Waals surface area contributed by atoms with Gasteiger partial charge in [-0.2, -0.15) is 0 Å². The molecule has 27 heavy (non-hydrogen) atoms. The average molecular weight is 391 g/mol. The third-order valence-corrected chi connectivity index (χ3v) is 4.33. The number of hydrogen-bond acceptors (Lipinski definition) is 4. The minimum Gasteiger partial charge on any atom is -0.334 e. The van der Waals surface area contributed by atoms with Crippen LogP contribution in [0.25, 0.3) is 0 Å². The third kappa shape index (κ3) is 4.54. The molecule has 0 spiro atoms. The monoisotopic (exact) mass is 390 g/mol. The van der Waals surface area contributed by atoms with Gasteiger partial charge in [0.2, 0.25) is 0 Å². The molecule has 7 nitrogen and oxygen atoms in total. The molecule has 0 radical (unpaired) electrons. The highest BCUT2D eigenvalue weighted by atomic mass is 35.5. The van der Waals surface area contributed by atoms with E-state index in [1.165, 1.54) is 36.1 Å². The third-order valence-electron chi connectivity index (χ3n) is 4.03. The molecule has 144 valence electrons. The summed E-state index contributed by atoms with van der Waals surface area (Å²) in [5.41, 5.74) is 0.0253. The topological polar surface area (TPSA) is 84.3 Å². The van der Waals surface area contributed by atoms with Crippen LogP contribution in [0, 0.1) is 0 Å². The molecule has 0 aliphatic heterocycles. The summed E-state index contributed by atoms with van der Waals surface area (Å²) in [6, 6.07) is 4.44. The predicted molar refractivity (Wildman–Crippen MR) is 105 cm³/mol. The van der Waals surface area contributed by atoms with Crippen molar-refractivity contribution < 1.29 is 9.59 Å². The van der Waals surface area contributed by atoms with Crippen molar-refractivity contribution >= 4 is 29.1 Å². The summed E-state index contributed by atoms with van der Waals surface area (Å²) in [6.07, 6.45) is 2.93. The number of pyridine rings is 2. The van der Waals surface area contributed by atoms with Crippen LogP contribution in [-0.2, 0) is 7.05 Å². The first-order valence-electron chi connectivity index (χ1n) is 8.58. The van der Waals surface area contributed by atoms with E-state index in [4.69, 9.17) is 11.6 Å². The summed E-state index contributed by atoms with van der Waals surface area (Å²) in [5.74, 6) is -0.787. The van der Waals surface area contributed by atoms with Gasteiger partial charge in [0, 0.05) is 31.5 Å². The lowest BCUT2D eigenvalue weighted by Crippen LogP contribution is -2.42. The second kappa shape index (κ2) is 8.35. The molecule has 2 heterocycles. The first-order valence-corrected chi connectivity index (χ1v) is 8.96. The van der Waals surface area contributed by atoms with Gasteiger partial charge in [0.05, 0.1) is 11.1 Å². The molecule has 1 N–H and O–H groups in total. The van der Waals surface area contributed by atoms with Crippen molar-refractivity contribution in [3.8, 4) is 0 Å². The second-order valence-electron chi connectivity index (χ2n) is 6.75. The summed E-state index contributed by atoms with van der Waals surface area (Å²) < 4.78 is 1.27. The van der Waals surface area contributed by atoms with E-state index in [0.29, 0.717) is 5.56 Å². The van der Waals surface area contributed by atoms with E-state index in [9.17, 15) is 14.4 Å². The fourth-order valence-electron chi connectivity index (χ4n) is 2.88. The largest absolute Gasteiger partial charge is 0.334 e. The Morgan fingerprint density at radius 1 is 1.22 bits per heavy atom. The molecule has 2 rings (SSSR count). The van der Waals surface area contributed by atoms with E-state index in [2.05, 4.69) is 10.3 Å². The maximum Gasteiger partial charge on any atom is 0.274 e. The average Bonchev–Trinajstić information content (AvgIpc) is 2.58. The number of nitrogens with zero attached hydrogens (tertiary/aromatic N) is 3. The number of aryl methyl sites for hydroxylation is 1. The Labute approximate surface area is 163 Å². The number of rotatable bonds is 5. The van der Waals surface area contributed by atoms with E-state index < -0.39 is 11.5 Å². The number of amides is 2. The van der Waals surface area contributed by atoms with Crippen LogP contribution in [0.5, 0.6) is 0 Å². The molecule has 0 aliphatic rings. The SMILES string of the molecule is CC(C)N(C(=O)c1cc(NC(=O)c2cccnc2Cl)c(=O)n(C)c1)C(C)C. The van der Waals surface area contributed by atoms with Gasteiger partial charge in [0.1, 0.15) is 10.8 Å². The van der Waals surface area contributed by atoms with E-state index in [-0.39, 0.29) is 34.4 Å². The normalized spacial score (nSPS) is 11.0. The molecule has 0 aliphatic carbocycles. The van der Waals surface area contributed by atoms with E-state index in [0.717, 1.165) is 0 Å². The summed E-state index contributed by atoms with van der Waals surface area (Å²) in [4.78, 5) is 43.3. The van der Waals surface area contributed by atoms with Crippen molar-refractivity contribution in [3.63, 3.8) is 0 Å². The summed E-state index contributed by atoms with van der Waals surface area (Å²) in [7, 11) is 1.53. The van der Waals surface area contributed by atoms with E-state index in [1.54, 1.807) is 11.0 Å². The predicted octanol–water partition coefficient (Wildman–Crippen LogP) is 2.95. The van der Waals surface area contributed by atoms with Crippen LogP contribution in [0.1, 0.15) is 48.4 Å². The quantitative estimate of drug-likeness (QED) is 0.795. The van der Waals surface area contributed by atoms with Gasteiger partial charge in [-0.1, -0.05) is 11.6 Å². The van der Waals surface area contributed by atoms with Gasteiger partial charge in [0.25, 0.3) is 17.4 Å². The molecule has 2 aromatic heterocycles. The van der Waals surface area contributed by atoms with Crippen LogP contribution in [0.2, 0.25) is 5.15 Å². The fourth-order valence-corrected chi connectivity index (χ4v) is 3.08. The highest BCUT2D eigenvalue weighted by Crippen LogP contribution is 2.16. The van der Waals surface area contributed by atoms with Crippen LogP contribution in [0.3, 0.4) is 0 Å². The fraction of sp³-hybridized carbons (Fsp3) is 0.368. The number of carbonyl (C=O) groups excluding carboxylic acids is 2. The molecular formula is C19H23ClN4O3. The van der Waals surface area contributed by atoms with Crippen LogP contribution < -0.4 is 10.9 Å². The zero-order valence-corrected chi connectivity index (χ0v) is 16.7. The molecule has 8 heteroatoms. The van der Waals surface area contributed by atoms with E-state index in [1.807, 2.05) is 27.7 Å². The molecule has 2 amide bonds. The molecule has 2 aromatic rings. The van der Waals surface area contributed by atoms with Gasteiger partial charge in [-0.25, -0.2) is 4.98 Å². The van der Waals surface area contributed by atoms with Crippen molar-refractivity contribution in [2.75, 3.05) is 5.32 Å². The Bertz CT molecular complexity index is 913. The lowest BCUT2D eigenvalue weighted by molar-refractivity contribution is 0.0642. The molecule has 0 unspecified atom stereocenters. The number of carbonyl (C=O) groups is 2. The van der Waals surface area contributed by atoms with Crippen molar-refractivity contribution in [1.82, 2.24) is 14.5 Å². The van der Waals surface area contributed by atoms with Crippen molar-refractivity contribution in [2.24, 2.45) is 7.05 Å². The summed E-state index contributed by atoms with van der Waals surface area (Å²) in [6.45, 7) is 7.69. The molecule has 0 atom stereocenters. The lowest BCUT2D eigenvalue weighted by atomic mass is 10.1. The van der Waals surface area contributed by atoms with Crippen molar-refractivity contribution in [3.05, 3.63) is 57.2 Å². The summed E-state index contributed by atoms with van der Waals surface area (Å²) in [5, 5.41) is 2.57. The Balaban J connectivity index is 2.42. The Morgan fingerprint density at radius 2 is 1.85 bits per heavy atom. The standard InChI is InChI=1S/C19H23ClN4O3/c1-11(2)24(12(3)4)18(26)13-9-15(19(27)23(5)10-13)22-17(25)14-7-6-8-21-16(14)20/h6-12H,1-5H3,(H,22,25). The zero-order valence-electron chi connectivity index (χ0n) is 16.0. The van der Waals surface area contributed by atoms with Gasteiger partial charge in [-0.3, -0.25) is 14.4 Å². The minimum atomic E-state index is -0.570. The smallest absolute Gasteiger partial charge is 0.274 e. The molecule has 0 saturated heterocycles. The minimum absolute atomic E-state index is 0.000678. The van der Waals surface area contributed by atoms with Gasteiger partial charge < -0.3 is 14.8 Å². The van der Waals surface area contributed by atoms with Crippen molar-refractivity contribution in [2.45, 2.75) is 39.8 Å². The second-order valence-corrected chi connectivity index (χ2v) is 7.11. The molecule has 0 bridgehead atoms. The maximum atomic E-state index is 12.9. The van der Waals surface area contributed by atoms with Crippen LogP contribution >= 0.6 is 11.6 Å². The van der Waals surface area contributed by atoms with Crippen molar-refractivity contribution in [1.29, 1.82) is 0 Å². The number of anilines is 1. The number of nitrogens with one attached hydrogen (secondary N) is 1. The first-order chi connectivity index (χ1) is 12.6. The molecular weight excluding hydrogens is 368 g/mol. The highest BCUT2D eigenvalue weighted by Gasteiger charge is 2.23. The van der Waals surface area contributed by atoms with Gasteiger partial charge in [-0.15, -0.1) is 0 Å². The van der Waals surface area contributed by atoms with Crippen LogP contribution in [0.15, 0.2) is 35.4 Å². The van der Waals surface area contributed by atoms with Gasteiger partial charge >= 0.3 is 0 Å². The number of aromatic nitrogens is 2.